The Hall–Kier alpha value is -1.55. The van der Waals surface area contributed by atoms with Crippen molar-refractivity contribution in [3.8, 4) is 5.75 Å². The maximum Gasteiger partial charge on any atom is 0.223 e. The molecule has 1 aromatic rings. The average Bonchev–Trinajstić information content (AvgIpc) is 2.54. The van der Waals surface area contributed by atoms with Crippen molar-refractivity contribution >= 4 is 5.91 Å². The molecule has 3 atom stereocenters. The maximum absolute atomic E-state index is 12.4. The summed E-state index contributed by atoms with van der Waals surface area (Å²) in [5.74, 6) is 1.09. The minimum absolute atomic E-state index is 0.00545. The Balaban J connectivity index is 2.23. The first-order valence-electron chi connectivity index (χ1n) is 8.38. The molecule has 0 spiro atoms. The fourth-order valence-electron chi connectivity index (χ4n) is 3.04. The molecule has 0 radical (unpaired) electrons. The van der Waals surface area contributed by atoms with Gasteiger partial charge in [-0.15, -0.1) is 0 Å². The molecular weight excluding hydrogens is 276 g/mol. The molecular formula is C18H28N2O2. The van der Waals surface area contributed by atoms with Crippen LogP contribution < -0.4 is 10.5 Å². The van der Waals surface area contributed by atoms with E-state index in [-0.39, 0.29) is 24.0 Å². The molecule has 1 fully saturated rings. The Kier molecular flexibility index (Phi) is 5.83. The number of benzene rings is 1. The van der Waals surface area contributed by atoms with Crippen molar-refractivity contribution in [2.45, 2.75) is 64.6 Å². The largest absolute Gasteiger partial charge is 0.494 e. The van der Waals surface area contributed by atoms with Gasteiger partial charge in [-0.3, -0.25) is 4.79 Å². The summed E-state index contributed by atoms with van der Waals surface area (Å²) in [5, 5.41) is 0. The molecule has 2 N–H and O–H groups in total. The monoisotopic (exact) mass is 304 g/mol. The Morgan fingerprint density at radius 2 is 2.00 bits per heavy atom. The molecule has 1 aliphatic rings. The molecule has 1 heterocycles. The number of likely N-dealkylation sites (tertiary alicyclic amines) is 1. The van der Waals surface area contributed by atoms with Gasteiger partial charge in [-0.1, -0.05) is 26.0 Å². The van der Waals surface area contributed by atoms with Gasteiger partial charge in [-0.2, -0.15) is 0 Å². The minimum atomic E-state index is -0.0311. The van der Waals surface area contributed by atoms with Gasteiger partial charge in [0.15, 0.2) is 0 Å². The number of hydrogen-bond donors (Lipinski definition) is 1. The van der Waals surface area contributed by atoms with Crippen LogP contribution in [0.4, 0.5) is 0 Å². The summed E-state index contributed by atoms with van der Waals surface area (Å²) >= 11 is 0. The van der Waals surface area contributed by atoms with Gasteiger partial charge in [0, 0.05) is 18.5 Å². The molecule has 1 aliphatic heterocycles. The molecule has 1 aromatic carbocycles. The van der Waals surface area contributed by atoms with Crippen molar-refractivity contribution < 1.29 is 9.53 Å². The molecule has 22 heavy (non-hydrogen) atoms. The second-order valence-electron chi connectivity index (χ2n) is 6.12. The van der Waals surface area contributed by atoms with Crippen LogP contribution in [0.5, 0.6) is 5.75 Å². The number of carbonyl (C=O) groups excluding carboxylic acids is 1. The summed E-state index contributed by atoms with van der Waals surface area (Å²) in [7, 11) is 0. The molecule has 0 aliphatic carbocycles. The van der Waals surface area contributed by atoms with Crippen molar-refractivity contribution in [3.63, 3.8) is 0 Å². The van der Waals surface area contributed by atoms with Crippen LogP contribution in [-0.2, 0) is 4.79 Å². The van der Waals surface area contributed by atoms with Gasteiger partial charge in [-0.05, 0) is 43.9 Å². The Bertz CT molecular complexity index is 486. The summed E-state index contributed by atoms with van der Waals surface area (Å²) in [6, 6.07) is 8.22. The fourth-order valence-corrected chi connectivity index (χ4v) is 3.04. The molecule has 0 aromatic heterocycles. The molecule has 1 amide bonds. The summed E-state index contributed by atoms with van der Waals surface area (Å²) in [5.41, 5.74) is 7.45. The predicted molar refractivity (Wildman–Crippen MR) is 88.8 cm³/mol. The first-order valence-corrected chi connectivity index (χ1v) is 8.38. The van der Waals surface area contributed by atoms with E-state index in [0.29, 0.717) is 6.42 Å². The molecule has 0 saturated carbocycles. The van der Waals surface area contributed by atoms with Gasteiger partial charge in [0.25, 0.3) is 0 Å². The van der Waals surface area contributed by atoms with Crippen molar-refractivity contribution in [2.24, 2.45) is 5.73 Å². The van der Waals surface area contributed by atoms with E-state index in [1.807, 2.05) is 29.2 Å². The van der Waals surface area contributed by atoms with Crippen molar-refractivity contribution in [3.05, 3.63) is 29.8 Å². The van der Waals surface area contributed by atoms with Gasteiger partial charge in [0.05, 0.1) is 12.6 Å². The van der Waals surface area contributed by atoms with Crippen molar-refractivity contribution in [1.29, 1.82) is 0 Å². The number of nitrogens with two attached hydrogens (primary N) is 1. The van der Waals surface area contributed by atoms with Crippen LogP contribution in [0.1, 0.15) is 58.1 Å². The number of nitrogens with zero attached hydrogens (tertiary/aromatic N) is 1. The zero-order valence-corrected chi connectivity index (χ0v) is 13.9. The van der Waals surface area contributed by atoms with E-state index in [9.17, 15) is 4.79 Å². The van der Waals surface area contributed by atoms with E-state index in [0.717, 1.165) is 37.2 Å². The van der Waals surface area contributed by atoms with E-state index in [2.05, 4.69) is 20.8 Å². The van der Waals surface area contributed by atoms with Crippen LogP contribution in [0.25, 0.3) is 0 Å². The average molecular weight is 304 g/mol. The number of ether oxygens (including phenoxy) is 1. The lowest BCUT2D eigenvalue weighted by atomic mass is 9.89. The van der Waals surface area contributed by atoms with Gasteiger partial charge in [0.1, 0.15) is 5.75 Å². The third-order valence-corrected chi connectivity index (χ3v) is 4.44. The standard InChI is InChI=1S/C18H28N2O2/c1-4-12-22-15-8-6-14(7-9-15)18-16(19)10-11-17(21)20(18)13(3)5-2/h6-9,13,16,18H,4-5,10-12,19H2,1-3H3. The molecule has 3 unspecified atom stereocenters. The molecule has 4 nitrogen and oxygen atoms in total. The van der Waals surface area contributed by atoms with Crippen LogP contribution in [0.2, 0.25) is 0 Å². The topological polar surface area (TPSA) is 55.6 Å². The lowest BCUT2D eigenvalue weighted by Gasteiger charge is -2.43. The highest BCUT2D eigenvalue weighted by molar-refractivity contribution is 5.78. The smallest absolute Gasteiger partial charge is 0.223 e. The van der Waals surface area contributed by atoms with E-state index < -0.39 is 0 Å². The highest BCUT2D eigenvalue weighted by atomic mass is 16.5. The lowest BCUT2D eigenvalue weighted by Crippen LogP contribution is -2.52. The van der Waals surface area contributed by atoms with Crippen LogP contribution in [0.15, 0.2) is 24.3 Å². The van der Waals surface area contributed by atoms with Crippen molar-refractivity contribution in [2.75, 3.05) is 6.61 Å². The number of rotatable bonds is 6. The zero-order valence-electron chi connectivity index (χ0n) is 13.9. The minimum Gasteiger partial charge on any atom is -0.494 e. The number of amides is 1. The molecule has 2 rings (SSSR count). The summed E-state index contributed by atoms with van der Waals surface area (Å²) in [6.07, 6.45) is 3.24. The van der Waals surface area contributed by atoms with Crippen LogP contribution in [0.3, 0.4) is 0 Å². The van der Waals surface area contributed by atoms with Gasteiger partial charge in [0.2, 0.25) is 5.91 Å². The van der Waals surface area contributed by atoms with E-state index in [1.165, 1.54) is 0 Å². The fraction of sp³-hybridized carbons (Fsp3) is 0.611. The quantitative estimate of drug-likeness (QED) is 0.877. The Morgan fingerprint density at radius 3 is 2.59 bits per heavy atom. The second-order valence-corrected chi connectivity index (χ2v) is 6.12. The third kappa shape index (κ3) is 3.61. The number of hydrogen-bond acceptors (Lipinski definition) is 3. The van der Waals surface area contributed by atoms with Crippen LogP contribution in [0, 0.1) is 0 Å². The summed E-state index contributed by atoms with van der Waals surface area (Å²) < 4.78 is 5.63. The van der Waals surface area contributed by atoms with E-state index in [1.54, 1.807) is 0 Å². The van der Waals surface area contributed by atoms with Gasteiger partial charge in [-0.25, -0.2) is 0 Å². The first kappa shape index (κ1) is 16.8. The van der Waals surface area contributed by atoms with Crippen molar-refractivity contribution in [1.82, 2.24) is 4.90 Å². The maximum atomic E-state index is 12.4. The Morgan fingerprint density at radius 1 is 1.32 bits per heavy atom. The summed E-state index contributed by atoms with van der Waals surface area (Å²) in [4.78, 5) is 14.4. The highest BCUT2D eigenvalue weighted by Crippen LogP contribution is 2.34. The second kappa shape index (κ2) is 7.63. The molecule has 0 bridgehead atoms. The van der Waals surface area contributed by atoms with Crippen LogP contribution >= 0.6 is 0 Å². The predicted octanol–water partition coefficient (Wildman–Crippen LogP) is 3.26. The molecule has 4 heteroatoms. The zero-order chi connectivity index (χ0) is 16.1. The SMILES string of the molecule is CCCOc1ccc(C2C(N)CCC(=O)N2C(C)CC)cc1. The van der Waals surface area contributed by atoms with Crippen LogP contribution in [-0.4, -0.2) is 29.5 Å². The van der Waals surface area contributed by atoms with Gasteiger partial charge < -0.3 is 15.4 Å². The van der Waals surface area contributed by atoms with E-state index >= 15 is 0 Å². The lowest BCUT2D eigenvalue weighted by molar-refractivity contribution is -0.140. The highest BCUT2D eigenvalue weighted by Gasteiger charge is 2.36. The first-order chi connectivity index (χ1) is 10.6. The molecule has 1 saturated heterocycles. The number of piperidine rings is 1. The molecule has 122 valence electrons. The normalized spacial score (nSPS) is 23.5. The Labute approximate surface area is 133 Å². The van der Waals surface area contributed by atoms with Gasteiger partial charge >= 0.3 is 0 Å². The van der Waals surface area contributed by atoms with E-state index in [4.69, 9.17) is 10.5 Å². The summed E-state index contributed by atoms with van der Waals surface area (Å²) in [6.45, 7) is 7.02. The number of carbonyl (C=O) groups is 1. The third-order valence-electron chi connectivity index (χ3n) is 4.44.